The molecule has 33 heavy (non-hydrogen) atoms. The molecule has 4 heterocycles. The summed E-state index contributed by atoms with van der Waals surface area (Å²) < 4.78 is 29.4. The minimum Gasteiger partial charge on any atom is -0.336 e. The number of amides is 1. The van der Waals surface area contributed by atoms with Crippen LogP contribution in [0, 0.1) is 5.92 Å². The molecule has 9 heteroatoms. The third-order valence-corrected chi connectivity index (χ3v) is 7.48. The molecule has 0 saturated carbocycles. The first-order chi connectivity index (χ1) is 15.9. The van der Waals surface area contributed by atoms with Gasteiger partial charge in [-0.2, -0.15) is 0 Å². The lowest BCUT2D eigenvalue weighted by Crippen LogP contribution is -2.49. The molecule has 0 spiro atoms. The molecule has 8 nitrogen and oxygen atoms in total. The predicted molar refractivity (Wildman–Crippen MR) is 124 cm³/mol. The fourth-order valence-electron chi connectivity index (χ4n) is 4.84. The molecule has 2 aromatic heterocycles. The number of hydrogen-bond donors (Lipinski definition) is 1. The van der Waals surface area contributed by atoms with Crippen LogP contribution in [0.4, 0.5) is 5.69 Å². The van der Waals surface area contributed by atoms with E-state index in [1.54, 1.807) is 59.3 Å². The number of hydrogen-bond acceptors (Lipinski definition) is 5. The Kier molecular flexibility index (Phi) is 5.49. The number of aromatic nitrogens is 2. The maximum atomic E-state index is 13.2. The molecular formula is C24H24N4O4S. The standard InChI is InChI=1S/C24H24N4O4S/c29-23(20-8-4-5-11-25-20)27-13-18-12-19(15-27)22-10-9-21(24(30)28(22)14-18)26-33(31,32)16-17-6-2-1-3-7-17/h1-11,18-19,26H,12-16H2/t18-,19-/m1/s1. The van der Waals surface area contributed by atoms with Gasteiger partial charge in [0.15, 0.2) is 0 Å². The summed E-state index contributed by atoms with van der Waals surface area (Å²) in [6.45, 7) is 1.50. The lowest BCUT2D eigenvalue weighted by Gasteiger charge is -2.42. The van der Waals surface area contributed by atoms with Crippen molar-refractivity contribution in [2.75, 3.05) is 17.8 Å². The number of sulfonamides is 1. The maximum absolute atomic E-state index is 13.2. The highest BCUT2D eigenvalue weighted by Crippen LogP contribution is 2.36. The normalized spacial score (nSPS) is 19.6. The zero-order valence-electron chi connectivity index (χ0n) is 17.9. The summed E-state index contributed by atoms with van der Waals surface area (Å²) >= 11 is 0. The van der Waals surface area contributed by atoms with Crippen LogP contribution in [0.1, 0.15) is 34.1 Å². The SMILES string of the molecule is O=C(c1ccccn1)N1C[C@H]2C[C@H](C1)c1ccc(NS(=O)(=O)Cc3ccccc3)c(=O)n1C2. The van der Waals surface area contributed by atoms with Gasteiger partial charge in [-0.15, -0.1) is 0 Å². The second-order valence-corrected chi connectivity index (χ2v) is 10.4. The van der Waals surface area contributed by atoms with Gasteiger partial charge in [0.25, 0.3) is 11.5 Å². The molecule has 2 atom stereocenters. The zero-order valence-corrected chi connectivity index (χ0v) is 18.7. The van der Waals surface area contributed by atoms with E-state index in [4.69, 9.17) is 0 Å². The van der Waals surface area contributed by atoms with Gasteiger partial charge in [0.05, 0.1) is 5.75 Å². The average molecular weight is 465 g/mol. The number of nitrogens with one attached hydrogen (secondary N) is 1. The number of fused-ring (bicyclic) bond motifs is 4. The number of carbonyl (C=O) groups is 1. The van der Waals surface area contributed by atoms with Gasteiger partial charge < -0.3 is 9.47 Å². The summed E-state index contributed by atoms with van der Waals surface area (Å²) in [5, 5.41) is 0. The molecule has 0 unspecified atom stereocenters. The highest BCUT2D eigenvalue weighted by molar-refractivity contribution is 7.91. The van der Waals surface area contributed by atoms with Gasteiger partial charge >= 0.3 is 0 Å². The van der Waals surface area contributed by atoms with Crippen LogP contribution >= 0.6 is 0 Å². The Morgan fingerprint density at radius 2 is 1.79 bits per heavy atom. The van der Waals surface area contributed by atoms with E-state index in [1.807, 2.05) is 11.0 Å². The van der Waals surface area contributed by atoms with E-state index in [2.05, 4.69) is 9.71 Å². The third kappa shape index (κ3) is 4.41. The number of rotatable bonds is 5. The van der Waals surface area contributed by atoms with Crippen LogP contribution in [-0.4, -0.2) is 41.9 Å². The minimum absolute atomic E-state index is 0.0211. The summed E-state index contributed by atoms with van der Waals surface area (Å²) in [7, 11) is -3.73. The molecule has 1 amide bonds. The van der Waals surface area contributed by atoms with Gasteiger partial charge in [-0.3, -0.25) is 19.3 Å². The summed E-state index contributed by atoms with van der Waals surface area (Å²) in [4.78, 5) is 32.0. The quantitative estimate of drug-likeness (QED) is 0.625. The second-order valence-electron chi connectivity index (χ2n) is 8.66. The van der Waals surface area contributed by atoms with Crippen molar-refractivity contribution < 1.29 is 13.2 Å². The number of carbonyl (C=O) groups excluding carboxylic acids is 1. The Hall–Kier alpha value is -3.46. The molecule has 0 radical (unpaired) electrons. The Morgan fingerprint density at radius 3 is 2.55 bits per heavy atom. The molecule has 0 aliphatic carbocycles. The fourth-order valence-corrected chi connectivity index (χ4v) is 6.03. The number of anilines is 1. The second kappa shape index (κ2) is 8.47. The van der Waals surface area contributed by atoms with Crippen molar-refractivity contribution >= 4 is 21.6 Å². The molecule has 2 aliphatic heterocycles. The van der Waals surface area contributed by atoms with Crippen molar-refractivity contribution in [1.29, 1.82) is 0 Å². The maximum Gasteiger partial charge on any atom is 0.275 e. The average Bonchev–Trinajstić information content (AvgIpc) is 2.81. The first kappa shape index (κ1) is 21.4. The molecule has 2 aliphatic rings. The zero-order chi connectivity index (χ0) is 23.0. The van der Waals surface area contributed by atoms with Gasteiger partial charge in [-0.1, -0.05) is 36.4 Å². The molecule has 5 rings (SSSR count). The van der Waals surface area contributed by atoms with Gasteiger partial charge in [-0.05, 0) is 42.2 Å². The molecular weight excluding hydrogens is 440 g/mol. The lowest BCUT2D eigenvalue weighted by atomic mass is 9.83. The van der Waals surface area contributed by atoms with E-state index < -0.39 is 10.0 Å². The van der Waals surface area contributed by atoms with Crippen molar-refractivity contribution in [3.63, 3.8) is 0 Å². The summed E-state index contributed by atoms with van der Waals surface area (Å²) in [5.41, 5.74) is 1.61. The van der Waals surface area contributed by atoms with E-state index in [9.17, 15) is 18.0 Å². The summed E-state index contributed by atoms with van der Waals surface area (Å²) in [6, 6.07) is 17.5. The fraction of sp³-hybridized carbons (Fsp3) is 0.292. The molecule has 170 valence electrons. The number of pyridine rings is 2. The van der Waals surface area contributed by atoms with Gasteiger partial charge in [-0.25, -0.2) is 8.42 Å². The van der Waals surface area contributed by atoms with Gasteiger partial charge in [0.1, 0.15) is 11.4 Å². The van der Waals surface area contributed by atoms with E-state index in [0.29, 0.717) is 30.9 Å². The predicted octanol–water partition coefficient (Wildman–Crippen LogP) is 2.44. The largest absolute Gasteiger partial charge is 0.336 e. The van der Waals surface area contributed by atoms with E-state index in [-0.39, 0.29) is 34.7 Å². The number of benzene rings is 1. The van der Waals surface area contributed by atoms with Crippen molar-refractivity contribution in [3.05, 3.63) is 94.2 Å². The monoisotopic (exact) mass is 464 g/mol. The first-order valence-electron chi connectivity index (χ1n) is 10.9. The molecule has 2 bridgehead atoms. The van der Waals surface area contributed by atoms with Crippen LogP contribution < -0.4 is 10.3 Å². The first-order valence-corrected chi connectivity index (χ1v) is 12.5. The lowest BCUT2D eigenvalue weighted by molar-refractivity contribution is 0.0589. The summed E-state index contributed by atoms with van der Waals surface area (Å²) in [6.07, 6.45) is 2.50. The third-order valence-electron chi connectivity index (χ3n) is 6.24. The Bertz CT molecular complexity index is 1340. The van der Waals surface area contributed by atoms with Crippen molar-refractivity contribution in [3.8, 4) is 0 Å². The molecule has 1 aromatic carbocycles. The van der Waals surface area contributed by atoms with E-state index in [0.717, 1.165) is 12.1 Å². The Morgan fingerprint density at radius 1 is 1.00 bits per heavy atom. The summed E-state index contributed by atoms with van der Waals surface area (Å²) in [5.74, 6) is -0.165. The van der Waals surface area contributed by atoms with Crippen LogP contribution in [0.5, 0.6) is 0 Å². The van der Waals surface area contributed by atoms with Crippen LogP contribution in [0.3, 0.4) is 0 Å². The molecule has 3 aromatic rings. The molecule has 1 fully saturated rings. The van der Waals surface area contributed by atoms with Crippen LogP contribution in [-0.2, 0) is 22.3 Å². The molecule has 1 N–H and O–H groups in total. The number of nitrogens with zero attached hydrogens (tertiary/aromatic N) is 3. The Labute approximate surface area is 191 Å². The smallest absolute Gasteiger partial charge is 0.275 e. The van der Waals surface area contributed by atoms with E-state index in [1.165, 1.54) is 6.07 Å². The number of likely N-dealkylation sites (tertiary alicyclic amines) is 1. The number of piperidine rings is 1. The highest BCUT2D eigenvalue weighted by Gasteiger charge is 2.37. The topological polar surface area (TPSA) is 101 Å². The minimum atomic E-state index is -3.73. The van der Waals surface area contributed by atoms with Crippen molar-refractivity contribution in [2.24, 2.45) is 5.92 Å². The Balaban J connectivity index is 1.37. The van der Waals surface area contributed by atoms with Crippen LogP contribution in [0.2, 0.25) is 0 Å². The van der Waals surface area contributed by atoms with Gasteiger partial charge in [0, 0.05) is 37.4 Å². The highest BCUT2D eigenvalue weighted by atomic mass is 32.2. The van der Waals surface area contributed by atoms with Crippen LogP contribution in [0.15, 0.2) is 71.7 Å². The van der Waals surface area contributed by atoms with Crippen molar-refractivity contribution in [1.82, 2.24) is 14.5 Å². The van der Waals surface area contributed by atoms with E-state index >= 15 is 0 Å². The molecule has 1 saturated heterocycles. The van der Waals surface area contributed by atoms with Crippen LogP contribution in [0.25, 0.3) is 0 Å². The van der Waals surface area contributed by atoms with Crippen molar-refractivity contribution in [2.45, 2.75) is 24.6 Å². The van der Waals surface area contributed by atoms with Gasteiger partial charge in [0.2, 0.25) is 10.0 Å².